The minimum absolute atomic E-state index is 0.115. The number of terminal acetylenes is 1. The molecule has 0 bridgehead atoms. The molecule has 0 spiro atoms. The van der Waals surface area contributed by atoms with Crippen molar-refractivity contribution in [3.05, 3.63) is 92.6 Å². The number of aromatic nitrogens is 1. The fourth-order valence-electron chi connectivity index (χ4n) is 5.94. The Morgan fingerprint density at radius 2 is 2.02 bits per heavy atom. The molecule has 1 aromatic heterocycles. The average Bonchev–Trinajstić information content (AvgIpc) is 3.69. The van der Waals surface area contributed by atoms with Gasteiger partial charge < -0.3 is 20.1 Å². The van der Waals surface area contributed by atoms with E-state index < -0.39 is 35.2 Å². The lowest BCUT2D eigenvalue weighted by Gasteiger charge is -2.38. The van der Waals surface area contributed by atoms with Crippen molar-refractivity contribution in [2.24, 2.45) is 4.99 Å². The molecule has 0 radical (unpaired) electrons. The molecular formula is C32H28F2N6O5S. The lowest BCUT2D eigenvalue weighted by atomic mass is 9.92. The molecule has 236 valence electrons. The molecule has 2 aromatic carbocycles. The van der Waals surface area contributed by atoms with E-state index in [1.807, 2.05) is 0 Å². The number of aromatic carboxylic acids is 1. The number of amides is 2. The minimum atomic E-state index is -1.39. The smallest absolute Gasteiger partial charge is 0.338 e. The van der Waals surface area contributed by atoms with Crippen LogP contribution in [-0.4, -0.2) is 89.1 Å². The molecule has 11 nitrogen and oxygen atoms in total. The Labute approximate surface area is 266 Å². The van der Waals surface area contributed by atoms with Crippen LogP contribution in [-0.2, 0) is 9.53 Å². The number of carboxylic acids is 1. The van der Waals surface area contributed by atoms with Gasteiger partial charge in [-0.3, -0.25) is 14.8 Å². The van der Waals surface area contributed by atoms with Gasteiger partial charge in [0.15, 0.2) is 10.8 Å². The van der Waals surface area contributed by atoms with Crippen molar-refractivity contribution >= 4 is 40.8 Å². The molecule has 3 aliphatic rings. The number of fused-ring (bicyclic) bond motifs is 1. The van der Waals surface area contributed by atoms with Crippen molar-refractivity contribution in [1.29, 1.82) is 0 Å². The lowest BCUT2D eigenvalue weighted by molar-refractivity contribution is -0.139. The van der Waals surface area contributed by atoms with Gasteiger partial charge in [-0.1, -0.05) is 12.0 Å². The lowest BCUT2D eigenvalue weighted by Crippen LogP contribution is -2.53. The van der Waals surface area contributed by atoms with E-state index in [0.717, 1.165) is 12.1 Å². The molecule has 0 aliphatic carbocycles. The third-order valence-corrected chi connectivity index (χ3v) is 8.81. The quantitative estimate of drug-likeness (QED) is 0.281. The van der Waals surface area contributed by atoms with Crippen LogP contribution in [0.15, 0.2) is 64.2 Å². The first-order valence-electron chi connectivity index (χ1n) is 14.4. The van der Waals surface area contributed by atoms with Crippen molar-refractivity contribution < 1.29 is 33.0 Å². The second-order valence-electron chi connectivity index (χ2n) is 10.8. The number of nitrogens with zero attached hydrogens (tertiary/aromatic N) is 5. The zero-order valence-corrected chi connectivity index (χ0v) is 25.4. The monoisotopic (exact) mass is 646 g/mol. The predicted molar refractivity (Wildman–Crippen MR) is 166 cm³/mol. The van der Waals surface area contributed by atoms with Crippen LogP contribution in [0.1, 0.15) is 39.5 Å². The van der Waals surface area contributed by atoms with E-state index in [0.29, 0.717) is 41.7 Å². The van der Waals surface area contributed by atoms with E-state index >= 15 is 0 Å². The van der Waals surface area contributed by atoms with E-state index in [4.69, 9.17) is 16.2 Å². The number of esters is 1. The first kappa shape index (κ1) is 30.9. The number of piperazine rings is 1. The number of carboxylic acid groups (broad SMARTS) is 1. The maximum atomic E-state index is 14.5. The maximum absolute atomic E-state index is 14.5. The molecule has 4 heterocycles. The van der Waals surface area contributed by atoms with Gasteiger partial charge in [-0.2, -0.15) is 0 Å². The standard InChI is InChI=1S/C32H28F2N6O5S/c1-3-18-13-19(33)5-7-22(18)27-26(31(43)45-4-2)25(36-28(37-27)29-35-9-12-46-29)17-38-10-11-39-21(15-38)16-40(32(39)44)20-6-8-23(30(41)42)24(34)14-20/h1,5-9,12-14,21,27H,4,10-11,15-17H2,2H3,(H,36,37)(H,41,42)/t21-,27-/m0/s1. The van der Waals surface area contributed by atoms with Gasteiger partial charge in [0.1, 0.15) is 17.7 Å². The van der Waals surface area contributed by atoms with Crippen LogP contribution in [0.3, 0.4) is 0 Å². The molecule has 3 aromatic rings. The highest BCUT2D eigenvalue weighted by Crippen LogP contribution is 2.36. The predicted octanol–water partition coefficient (Wildman–Crippen LogP) is 3.64. The number of hydrogen-bond donors (Lipinski definition) is 2. The van der Waals surface area contributed by atoms with Gasteiger partial charge in [-0.15, -0.1) is 17.8 Å². The first-order chi connectivity index (χ1) is 22.2. The number of aliphatic imine (C=N–C) groups is 1. The summed E-state index contributed by atoms with van der Waals surface area (Å²) in [6.07, 6.45) is 7.38. The van der Waals surface area contributed by atoms with Gasteiger partial charge in [0, 0.05) is 61.2 Å². The fraction of sp³-hybridized carbons (Fsp3) is 0.281. The zero-order chi connectivity index (χ0) is 32.5. The minimum Gasteiger partial charge on any atom is -0.478 e. The molecule has 0 saturated carbocycles. The van der Waals surface area contributed by atoms with Gasteiger partial charge in [0.05, 0.1) is 23.8 Å². The Hall–Kier alpha value is -5.13. The number of carbonyl (C=O) groups excluding carboxylic acids is 2. The van der Waals surface area contributed by atoms with Crippen LogP contribution in [0.2, 0.25) is 0 Å². The SMILES string of the molecule is C#Cc1cc(F)ccc1[C@@H]1N=C(c2nccs2)NC(CN2CCN3C(=O)N(c4ccc(C(=O)O)c(F)c4)C[C@@H]3C2)=C1C(=O)OCC. The molecule has 6 rings (SSSR count). The Balaban J connectivity index is 1.31. The molecule has 46 heavy (non-hydrogen) atoms. The van der Waals surface area contributed by atoms with E-state index in [2.05, 4.69) is 21.1 Å². The van der Waals surface area contributed by atoms with Crippen LogP contribution in [0, 0.1) is 24.0 Å². The van der Waals surface area contributed by atoms with Gasteiger partial charge in [0.2, 0.25) is 0 Å². The maximum Gasteiger partial charge on any atom is 0.338 e. The van der Waals surface area contributed by atoms with Gasteiger partial charge in [-0.05, 0) is 42.8 Å². The number of thiazole rings is 1. The molecule has 2 saturated heterocycles. The molecule has 2 N–H and O–H groups in total. The number of hydrogen-bond acceptors (Lipinski definition) is 9. The summed E-state index contributed by atoms with van der Waals surface area (Å²) in [6.45, 7) is 3.58. The second kappa shape index (κ2) is 12.7. The normalized spacial score (nSPS) is 19.8. The third kappa shape index (κ3) is 5.82. The summed E-state index contributed by atoms with van der Waals surface area (Å²) in [6, 6.07) is 6.16. The number of rotatable bonds is 8. The molecule has 14 heteroatoms. The zero-order valence-electron chi connectivity index (χ0n) is 24.6. The van der Waals surface area contributed by atoms with Crippen LogP contribution < -0.4 is 10.2 Å². The van der Waals surface area contributed by atoms with Gasteiger partial charge in [0.25, 0.3) is 0 Å². The Morgan fingerprint density at radius 3 is 2.72 bits per heavy atom. The number of carbonyl (C=O) groups is 3. The summed E-state index contributed by atoms with van der Waals surface area (Å²) >= 11 is 1.36. The van der Waals surface area contributed by atoms with E-state index in [1.54, 1.807) is 23.4 Å². The van der Waals surface area contributed by atoms with Crippen LogP contribution in [0.5, 0.6) is 0 Å². The highest BCUT2D eigenvalue weighted by molar-refractivity contribution is 7.11. The van der Waals surface area contributed by atoms with Crippen LogP contribution in [0.25, 0.3) is 0 Å². The van der Waals surface area contributed by atoms with E-state index in [9.17, 15) is 28.3 Å². The molecule has 2 amide bonds. The second-order valence-corrected chi connectivity index (χ2v) is 11.7. The summed E-state index contributed by atoms with van der Waals surface area (Å²) < 4.78 is 34.1. The summed E-state index contributed by atoms with van der Waals surface area (Å²) in [5.74, 6) is -0.506. The van der Waals surface area contributed by atoms with E-state index in [-0.39, 0.29) is 48.6 Å². The number of ether oxygens (including phenoxy) is 1. The van der Waals surface area contributed by atoms with Gasteiger partial charge in [-0.25, -0.2) is 28.1 Å². The Morgan fingerprint density at radius 1 is 1.20 bits per heavy atom. The summed E-state index contributed by atoms with van der Waals surface area (Å²) in [5.41, 5.74) is 1.25. The van der Waals surface area contributed by atoms with Crippen molar-refractivity contribution in [2.45, 2.75) is 19.0 Å². The summed E-state index contributed by atoms with van der Waals surface area (Å²) in [7, 11) is 0. The highest BCUT2D eigenvalue weighted by atomic mass is 32.1. The summed E-state index contributed by atoms with van der Waals surface area (Å²) in [5, 5.41) is 14.8. The Kier molecular flexibility index (Phi) is 8.53. The number of amidine groups is 1. The van der Waals surface area contributed by atoms with Gasteiger partial charge >= 0.3 is 18.0 Å². The molecule has 0 unspecified atom stereocenters. The third-order valence-electron chi connectivity index (χ3n) is 8.03. The Bertz CT molecular complexity index is 1820. The van der Waals surface area contributed by atoms with Crippen molar-refractivity contribution in [3.8, 4) is 12.3 Å². The number of anilines is 1. The van der Waals surface area contributed by atoms with E-state index in [1.165, 1.54) is 40.5 Å². The van der Waals surface area contributed by atoms with Crippen LogP contribution in [0.4, 0.5) is 19.3 Å². The van der Waals surface area contributed by atoms with Crippen LogP contribution >= 0.6 is 11.3 Å². The summed E-state index contributed by atoms with van der Waals surface area (Å²) in [4.78, 5) is 52.5. The molecule has 2 fully saturated rings. The highest BCUT2D eigenvalue weighted by Gasteiger charge is 2.42. The van der Waals surface area contributed by atoms with Crippen molar-refractivity contribution in [1.82, 2.24) is 20.1 Å². The number of nitrogens with one attached hydrogen (secondary N) is 1. The largest absolute Gasteiger partial charge is 0.478 e. The topological polar surface area (TPSA) is 128 Å². The number of urea groups is 1. The number of benzene rings is 2. The fourth-order valence-corrected chi connectivity index (χ4v) is 6.52. The first-order valence-corrected chi connectivity index (χ1v) is 15.3. The molecule has 2 atom stereocenters. The molecule has 3 aliphatic heterocycles. The van der Waals surface area contributed by atoms with Crippen molar-refractivity contribution in [2.75, 3.05) is 44.2 Å². The number of halogens is 2. The average molecular weight is 647 g/mol. The van der Waals surface area contributed by atoms with Crippen molar-refractivity contribution in [3.63, 3.8) is 0 Å². The molecular weight excluding hydrogens is 618 g/mol.